The lowest BCUT2D eigenvalue weighted by atomic mass is 10.0. The Balaban J connectivity index is 2.11. The van der Waals surface area contributed by atoms with Gasteiger partial charge in [-0.05, 0) is 30.7 Å². The van der Waals surface area contributed by atoms with Gasteiger partial charge in [-0.15, -0.1) is 0 Å². The Kier molecular flexibility index (Phi) is 2.75. The molecule has 0 fully saturated rings. The Morgan fingerprint density at radius 1 is 1.26 bits per heavy atom. The molecule has 0 unspecified atom stereocenters. The Morgan fingerprint density at radius 3 is 2.84 bits per heavy atom. The molecule has 1 N–H and O–H groups in total. The van der Waals surface area contributed by atoms with Crippen molar-refractivity contribution in [3.05, 3.63) is 59.2 Å². The number of furan rings is 1. The van der Waals surface area contributed by atoms with Crippen molar-refractivity contribution in [2.24, 2.45) is 0 Å². The number of aromatic amines is 1. The number of aryl methyl sites for hydroxylation is 2. The number of nitrogens with one attached hydrogen (secondary N) is 1. The molecule has 0 saturated heterocycles. The number of fused-ring (bicyclic) bond motifs is 1. The molecule has 96 valence electrons. The second-order valence-corrected chi connectivity index (χ2v) is 4.65. The van der Waals surface area contributed by atoms with E-state index in [1.54, 1.807) is 12.3 Å². The highest BCUT2D eigenvalue weighted by molar-refractivity contribution is 6.15. The van der Waals surface area contributed by atoms with Crippen LogP contribution in [0, 0.1) is 6.92 Å². The molecule has 0 radical (unpaired) electrons. The minimum absolute atomic E-state index is 0.0692. The summed E-state index contributed by atoms with van der Waals surface area (Å²) in [7, 11) is 0. The van der Waals surface area contributed by atoms with E-state index in [9.17, 15) is 4.79 Å². The summed E-state index contributed by atoms with van der Waals surface area (Å²) in [5.74, 6) is 1.17. The van der Waals surface area contributed by atoms with E-state index in [1.165, 1.54) is 0 Å². The molecule has 3 aromatic rings. The number of carbonyl (C=O) groups excluding carboxylic acids is 1. The van der Waals surface area contributed by atoms with Crippen molar-refractivity contribution in [3.63, 3.8) is 0 Å². The lowest BCUT2D eigenvalue weighted by Crippen LogP contribution is -1.99. The molecule has 3 rings (SSSR count). The van der Waals surface area contributed by atoms with E-state index in [2.05, 4.69) is 4.98 Å². The van der Waals surface area contributed by atoms with Gasteiger partial charge in [0, 0.05) is 23.5 Å². The summed E-state index contributed by atoms with van der Waals surface area (Å²) < 4.78 is 5.54. The van der Waals surface area contributed by atoms with Gasteiger partial charge in [0.05, 0.1) is 5.56 Å². The normalized spacial score (nSPS) is 11.1. The molecule has 0 aliphatic carbocycles. The van der Waals surface area contributed by atoms with Crippen molar-refractivity contribution in [3.8, 4) is 0 Å². The molecular weight excluding hydrogens is 238 g/mol. The third kappa shape index (κ3) is 1.87. The highest BCUT2D eigenvalue weighted by Crippen LogP contribution is 2.25. The van der Waals surface area contributed by atoms with Gasteiger partial charge in [0.1, 0.15) is 5.76 Å². The lowest BCUT2D eigenvalue weighted by molar-refractivity contribution is 0.101. The number of hydrogen-bond donors (Lipinski definition) is 1. The Hall–Kier alpha value is -2.29. The average Bonchev–Trinajstić information content (AvgIpc) is 3.05. The smallest absolute Gasteiger partial charge is 0.230 e. The average molecular weight is 253 g/mol. The molecule has 0 amide bonds. The highest BCUT2D eigenvalue weighted by Gasteiger charge is 2.18. The highest BCUT2D eigenvalue weighted by atomic mass is 16.3. The maximum atomic E-state index is 12.5. The van der Waals surface area contributed by atoms with E-state index < -0.39 is 0 Å². The molecule has 0 bridgehead atoms. The van der Waals surface area contributed by atoms with Crippen LogP contribution in [0.5, 0.6) is 0 Å². The Bertz CT molecular complexity index is 749. The molecule has 0 saturated carbocycles. The summed E-state index contributed by atoms with van der Waals surface area (Å²) in [6, 6.07) is 9.56. The third-order valence-corrected chi connectivity index (χ3v) is 3.39. The van der Waals surface area contributed by atoms with Gasteiger partial charge in [-0.1, -0.05) is 19.1 Å². The fourth-order valence-electron chi connectivity index (χ4n) is 2.37. The molecular formula is C16H15NO2. The first-order chi connectivity index (χ1) is 9.20. The van der Waals surface area contributed by atoms with Crippen molar-refractivity contribution in [2.75, 3.05) is 0 Å². The Labute approximate surface area is 111 Å². The van der Waals surface area contributed by atoms with Gasteiger partial charge >= 0.3 is 0 Å². The first-order valence-electron chi connectivity index (χ1n) is 6.41. The van der Waals surface area contributed by atoms with E-state index in [4.69, 9.17) is 4.42 Å². The van der Waals surface area contributed by atoms with E-state index in [0.29, 0.717) is 11.3 Å². The van der Waals surface area contributed by atoms with Crippen LogP contribution in [0.4, 0.5) is 0 Å². The van der Waals surface area contributed by atoms with Gasteiger partial charge in [0.2, 0.25) is 5.78 Å². The quantitative estimate of drug-likeness (QED) is 0.720. The minimum atomic E-state index is -0.0692. The monoisotopic (exact) mass is 253 g/mol. The summed E-state index contributed by atoms with van der Waals surface area (Å²) in [6.45, 7) is 4.01. The number of aromatic nitrogens is 1. The van der Waals surface area contributed by atoms with Gasteiger partial charge in [0.25, 0.3) is 0 Å². The second-order valence-electron chi connectivity index (χ2n) is 4.65. The van der Waals surface area contributed by atoms with Gasteiger partial charge in [-0.25, -0.2) is 0 Å². The number of H-pyrrole nitrogens is 1. The minimum Gasteiger partial charge on any atom is -0.458 e. The number of carbonyl (C=O) groups is 1. The number of rotatable bonds is 3. The van der Waals surface area contributed by atoms with Gasteiger partial charge < -0.3 is 9.40 Å². The number of hydrogen-bond acceptors (Lipinski definition) is 2. The van der Waals surface area contributed by atoms with Crippen LogP contribution in [-0.4, -0.2) is 10.8 Å². The van der Waals surface area contributed by atoms with Crippen molar-refractivity contribution >= 4 is 16.7 Å². The molecule has 1 aromatic carbocycles. The Morgan fingerprint density at radius 2 is 2.11 bits per heavy atom. The molecule has 3 nitrogen and oxygen atoms in total. The second kappa shape index (κ2) is 4.43. The van der Waals surface area contributed by atoms with Crippen LogP contribution in [0.3, 0.4) is 0 Å². The van der Waals surface area contributed by atoms with E-state index >= 15 is 0 Å². The van der Waals surface area contributed by atoms with Crippen LogP contribution >= 0.6 is 0 Å². The third-order valence-electron chi connectivity index (χ3n) is 3.39. The number of benzene rings is 1. The van der Waals surface area contributed by atoms with Gasteiger partial charge in [-0.2, -0.15) is 0 Å². The molecule has 2 heterocycles. The van der Waals surface area contributed by atoms with Crippen molar-refractivity contribution in [1.29, 1.82) is 0 Å². The summed E-state index contributed by atoms with van der Waals surface area (Å²) in [5, 5.41) is 0.974. The SMILES string of the molecule is CCc1ccc(C(=O)c2c[nH]c3cccc(C)c23)o1. The van der Waals surface area contributed by atoms with Crippen LogP contribution < -0.4 is 0 Å². The maximum absolute atomic E-state index is 12.5. The van der Waals surface area contributed by atoms with E-state index in [-0.39, 0.29) is 5.78 Å². The van der Waals surface area contributed by atoms with Crippen LogP contribution in [0.15, 0.2) is 40.9 Å². The molecule has 2 aromatic heterocycles. The maximum Gasteiger partial charge on any atom is 0.230 e. The lowest BCUT2D eigenvalue weighted by Gasteiger charge is -1.99. The molecule has 0 aliphatic heterocycles. The van der Waals surface area contributed by atoms with Crippen LogP contribution in [0.25, 0.3) is 10.9 Å². The van der Waals surface area contributed by atoms with Crippen molar-refractivity contribution < 1.29 is 9.21 Å². The van der Waals surface area contributed by atoms with E-state index in [1.807, 2.05) is 38.1 Å². The standard InChI is InChI=1S/C16H15NO2/c1-3-11-7-8-14(19-11)16(18)12-9-17-13-6-4-5-10(2)15(12)13/h4-9,17H,3H2,1-2H3. The zero-order valence-corrected chi connectivity index (χ0v) is 11.0. The fraction of sp³-hybridized carbons (Fsp3) is 0.188. The molecule has 19 heavy (non-hydrogen) atoms. The molecule has 0 atom stereocenters. The van der Waals surface area contributed by atoms with Crippen LogP contribution in [0.2, 0.25) is 0 Å². The van der Waals surface area contributed by atoms with Crippen molar-refractivity contribution in [1.82, 2.24) is 4.98 Å². The topological polar surface area (TPSA) is 46.0 Å². The predicted octanol–water partition coefficient (Wildman–Crippen LogP) is 3.86. The zero-order chi connectivity index (χ0) is 13.4. The molecule has 0 aliphatic rings. The predicted molar refractivity (Wildman–Crippen MR) is 74.6 cm³/mol. The van der Waals surface area contributed by atoms with E-state index in [0.717, 1.165) is 28.6 Å². The molecule has 3 heteroatoms. The summed E-state index contributed by atoms with van der Waals surface area (Å²) in [5.41, 5.74) is 2.74. The largest absolute Gasteiger partial charge is 0.458 e. The fourth-order valence-corrected chi connectivity index (χ4v) is 2.37. The summed E-state index contributed by atoms with van der Waals surface area (Å²) in [4.78, 5) is 15.6. The van der Waals surface area contributed by atoms with Gasteiger partial charge in [0.15, 0.2) is 5.76 Å². The molecule has 0 spiro atoms. The van der Waals surface area contributed by atoms with Crippen molar-refractivity contribution in [2.45, 2.75) is 20.3 Å². The number of ketones is 1. The summed E-state index contributed by atoms with van der Waals surface area (Å²) >= 11 is 0. The van der Waals surface area contributed by atoms with Crippen LogP contribution in [0.1, 0.15) is 34.4 Å². The first-order valence-corrected chi connectivity index (χ1v) is 6.41. The zero-order valence-electron chi connectivity index (χ0n) is 11.0. The van der Waals surface area contributed by atoms with Gasteiger partial charge in [-0.3, -0.25) is 4.79 Å². The first kappa shape index (κ1) is 11.8. The van der Waals surface area contributed by atoms with Crippen LogP contribution in [-0.2, 0) is 6.42 Å². The summed E-state index contributed by atoms with van der Waals surface area (Å²) in [6.07, 6.45) is 2.55.